The highest BCUT2D eigenvalue weighted by atomic mass is 35.5. The molecule has 1 saturated carbocycles. The van der Waals surface area contributed by atoms with Gasteiger partial charge in [-0.05, 0) is 31.0 Å². The van der Waals surface area contributed by atoms with Crippen LogP contribution in [0.4, 0.5) is 4.39 Å². The minimum atomic E-state index is -0.458. The van der Waals surface area contributed by atoms with Crippen molar-refractivity contribution in [2.75, 3.05) is 0 Å². The van der Waals surface area contributed by atoms with E-state index >= 15 is 0 Å². The van der Waals surface area contributed by atoms with Gasteiger partial charge < -0.3 is 10.1 Å². The van der Waals surface area contributed by atoms with Crippen LogP contribution < -0.4 is 10.1 Å². The molecule has 0 unspecified atom stereocenters. The van der Waals surface area contributed by atoms with Crippen LogP contribution in [0.1, 0.15) is 18.4 Å². The smallest absolute Gasteiger partial charge is 0.150 e. The molecule has 1 aliphatic carbocycles. The van der Waals surface area contributed by atoms with Crippen molar-refractivity contribution in [2.24, 2.45) is 0 Å². The maximum atomic E-state index is 13.1. The largest absolute Gasteiger partial charge is 0.455 e. The maximum absolute atomic E-state index is 13.1. The van der Waals surface area contributed by atoms with Crippen LogP contribution in [0.2, 0.25) is 5.02 Å². The predicted molar refractivity (Wildman–Crippen MR) is 75.6 cm³/mol. The number of rotatable bonds is 5. The Morgan fingerprint density at radius 3 is 2.95 bits per heavy atom. The summed E-state index contributed by atoms with van der Waals surface area (Å²) in [5.74, 6) is 0.696. The third-order valence-corrected chi connectivity index (χ3v) is 3.44. The van der Waals surface area contributed by atoms with E-state index in [1.54, 1.807) is 18.5 Å². The number of hydrogen-bond acceptors (Lipinski definition) is 3. The van der Waals surface area contributed by atoms with Gasteiger partial charge in [0.05, 0.1) is 11.2 Å². The van der Waals surface area contributed by atoms with Gasteiger partial charge in [-0.2, -0.15) is 0 Å². The Morgan fingerprint density at radius 2 is 2.20 bits per heavy atom. The summed E-state index contributed by atoms with van der Waals surface area (Å²) < 4.78 is 18.9. The van der Waals surface area contributed by atoms with E-state index in [1.807, 2.05) is 6.07 Å². The lowest BCUT2D eigenvalue weighted by atomic mass is 10.2. The van der Waals surface area contributed by atoms with E-state index in [9.17, 15) is 4.39 Å². The van der Waals surface area contributed by atoms with Gasteiger partial charge in [-0.15, -0.1) is 0 Å². The predicted octanol–water partition coefficient (Wildman–Crippen LogP) is 3.92. The second kappa shape index (κ2) is 5.77. The number of nitrogens with one attached hydrogen (secondary N) is 1. The van der Waals surface area contributed by atoms with E-state index in [2.05, 4.69) is 10.3 Å². The van der Waals surface area contributed by atoms with E-state index in [-0.39, 0.29) is 5.02 Å². The average Bonchev–Trinajstić information content (AvgIpc) is 3.26. The molecule has 0 saturated heterocycles. The van der Waals surface area contributed by atoms with Crippen molar-refractivity contribution in [3.05, 3.63) is 53.1 Å². The average molecular weight is 293 g/mol. The molecule has 1 aromatic carbocycles. The standard InChI is InChI=1S/C15H14ClFN2O/c16-13-7-12(3-4-14(13)17)20-15-9-18-6-5-10(15)8-19-11-1-2-11/h3-7,9,11,19H,1-2,8H2. The molecular formula is C15H14ClFN2O. The summed E-state index contributed by atoms with van der Waals surface area (Å²) in [5.41, 5.74) is 1.02. The maximum Gasteiger partial charge on any atom is 0.150 e. The van der Waals surface area contributed by atoms with E-state index < -0.39 is 5.82 Å². The molecule has 20 heavy (non-hydrogen) atoms. The first kappa shape index (κ1) is 13.3. The molecule has 0 aliphatic heterocycles. The fourth-order valence-electron chi connectivity index (χ4n) is 1.86. The monoisotopic (exact) mass is 292 g/mol. The van der Waals surface area contributed by atoms with Crippen LogP contribution >= 0.6 is 11.6 Å². The summed E-state index contributed by atoms with van der Waals surface area (Å²) in [6.07, 6.45) is 5.85. The molecule has 5 heteroatoms. The fraction of sp³-hybridized carbons (Fsp3) is 0.267. The van der Waals surface area contributed by atoms with Crippen molar-refractivity contribution in [3.63, 3.8) is 0 Å². The van der Waals surface area contributed by atoms with Crippen LogP contribution in [0, 0.1) is 5.82 Å². The number of benzene rings is 1. The van der Waals surface area contributed by atoms with Gasteiger partial charge in [-0.1, -0.05) is 11.6 Å². The zero-order valence-electron chi connectivity index (χ0n) is 10.8. The Morgan fingerprint density at radius 1 is 1.35 bits per heavy atom. The Balaban J connectivity index is 1.76. The molecular weight excluding hydrogens is 279 g/mol. The van der Waals surface area contributed by atoms with Crippen molar-refractivity contribution in [2.45, 2.75) is 25.4 Å². The Bertz CT molecular complexity index is 617. The number of hydrogen-bond donors (Lipinski definition) is 1. The zero-order valence-corrected chi connectivity index (χ0v) is 11.5. The lowest BCUT2D eigenvalue weighted by molar-refractivity contribution is 0.468. The minimum Gasteiger partial charge on any atom is -0.455 e. The van der Waals surface area contributed by atoms with Gasteiger partial charge in [0.1, 0.15) is 17.3 Å². The molecule has 0 spiro atoms. The molecule has 3 rings (SSSR count). The van der Waals surface area contributed by atoms with Gasteiger partial charge in [0, 0.05) is 30.4 Å². The first-order chi connectivity index (χ1) is 9.72. The number of halogens is 2. The molecule has 0 bridgehead atoms. The SMILES string of the molecule is Fc1ccc(Oc2cnccc2CNC2CC2)cc1Cl. The molecule has 1 aromatic heterocycles. The zero-order chi connectivity index (χ0) is 13.9. The number of nitrogens with zero attached hydrogens (tertiary/aromatic N) is 1. The second-order valence-corrected chi connectivity index (χ2v) is 5.22. The summed E-state index contributed by atoms with van der Waals surface area (Å²) >= 11 is 5.75. The van der Waals surface area contributed by atoms with Gasteiger partial charge in [0.15, 0.2) is 0 Å². The Kier molecular flexibility index (Phi) is 3.85. The molecule has 3 nitrogen and oxygen atoms in total. The van der Waals surface area contributed by atoms with Crippen LogP contribution in [0.15, 0.2) is 36.7 Å². The molecule has 1 aliphatic rings. The number of aromatic nitrogens is 1. The summed E-state index contributed by atoms with van der Waals surface area (Å²) in [7, 11) is 0. The topological polar surface area (TPSA) is 34.1 Å². The van der Waals surface area contributed by atoms with E-state index in [4.69, 9.17) is 16.3 Å². The fourth-order valence-corrected chi connectivity index (χ4v) is 2.03. The van der Waals surface area contributed by atoms with Gasteiger partial charge in [0.25, 0.3) is 0 Å². The highest BCUT2D eigenvalue weighted by molar-refractivity contribution is 6.30. The molecule has 2 aromatic rings. The molecule has 1 N–H and O–H groups in total. The van der Waals surface area contributed by atoms with Crippen molar-refractivity contribution in [1.82, 2.24) is 10.3 Å². The Labute approximate surface area is 121 Å². The van der Waals surface area contributed by atoms with Crippen molar-refractivity contribution >= 4 is 11.6 Å². The van der Waals surface area contributed by atoms with Gasteiger partial charge in [0.2, 0.25) is 0 Å². The van der Waals surface area contributed by atoms with Crippen molar-refractivity contribution in [3.8, 4) is 11.5 Å². The van der Waals surface area contributed by atoms with Crippen LogP contribution in [-0.4, -0.2) is 11.0 Å². The van der Waals surface area contributed by atoms with Crippen LogP contribution in [0.25, 0.3) is 0 Å². The highest BCUT2D eigenvalue weighted by Gasteiger charge is 2.20. The normalized spacial score (nSPS) is 14.3. The summed E-state index contributed by atoms with van der Waals surface area (Å²) in [4.78, 5) is 4.06. The summed E-state index contributed by atoms with van der Waals surface area (Å²) in [5, 5.41) is 3.47. The molecule has 0 amide bonds. The lowest BCUT2D eigenvalue weighted by Crippen LogP contribution is -2.15. The minimum absolute atomic E-state index is 0.0454. The first-order valence-corrected chi connectivity index (χ1v) is 6.89. The van der Waals surface area contributed by atoms with E-state index in [1.165, 1.54) is 25.0 Å². The van der Waals surface area contributed by atoms with Gasteiger partial charge in [-0.25, -0.2) is 4.39 Å². The van der Waals surface area contributed by atoms with Gasteiger partial charge in [-0.3, -0.25) is 4.98 Å². The highest BCUT2D eigenvalue weighted by Crippen LogP contribution is 2.28. The summed E-state index contributed by atoms with van der Waals surface area (Å²) in [6, 6.07) is 6.83. The molecule has 104 valence electrons. The number of ether oxygens (including phenoxy) is 1. The van der Waals surface area contributed by atoms with E-state index in [0.717, 1.165) is 12.1 Å². The third-order valence-electron chi connectivity index (χ3n) is 3.15. The van der Waals surface area contributed by atoms with Crippen LogP contribution in [0.3, 0.4) is 0 Å². The first-order valence-electron chi connectivity index (χ1n) is 6.51. The second-order valence-electron chi connectivity index (χ2n) is 4.82. The molecule has 1 heterocycles. The number of pyridine rings is 1. The molecule has 1 fully saturated rings. The third kappa shape index (κ3) is 3.26. The van der Waals surface area contributed by atoms with Crippen molar-refractivity contribution in [1.29, 1.82) is 0 Å². The Hall–Kier alpha value is -1.65. The lowest BCUT2D eigenvalue weighted by Gasteiger charge is -2.11. The quantitative estimate of drug-likeness (QED) is 0.907. The molecule has 0 radical (unpaired) electrons. The summed E-state index contributed by atoms with van der Waals surface area (Å²) in [6.45, 7) is 0.734. The van der Waals surface area contributed by atoms with E-state index in [0.29, 0.717) is 17.5 Å². The van der Waals surface area contributed by atoms with Gasteiger partial charge >= 0.3 is 0 Å². The van der Waals surface area contributed by atoms with Crippen LogP contribution in [-0.2, 0) is 6.54 Å². The van der Waals surface area contributed by atoms with Crippen molar-refractivity contribution < 1.29 is 9.13 Å². The van der Waals surface area contributed by atoms with Crippen LogP contribution in [0.5, 0.6) is 11.5 Å². The molecule has 0 atom stereocenters.